The molecular formula is C32H44N8O2. The van der Waals surface area contributed by atoms with Crippen LogP contribution in [0.1, 0.15) is 59.9 Å². The standard InChI is InChI=1S/C32H44N8O2/c1-21-16-25(17-28(34-21)26-19-33-38(7)22(26)2)30(41)36-31-35-27-9-8-24(18-29(27)40(31)20-32(3,4)42)23-10-12-39(13-11-23)15-14-37(5)6/h8-9,16-19,23,42H,10-15,20H2,1-7H3,(H,35,36,41). The minimum absolute atomic E-state index is 0.277. The van der Waals surface area contributed by atoms with Crippen LogP contribution in [0.2, 0.25) is 0 Å². The van der Waals surface area contributed by atoms with Crippen LogP contribution >= 0.6 is 0 Å². The predicted molar refractivity (Wildman–Crippen MR) is 167 cm³/mol. The van der Waals surface area contributed by atoms with Gasteiger partial charge in [0.05, 0.1) is 35.1 Å². The molecule has 0 radical (unpaired) electrons. The maximum atomic E-state index is 13.6. The summed E-state index contributed by atoms with van der Waals surface area (Å²) in [6.45, 7) is 12.0. The molecule has 5 rings (SSSR count). The molecule has 1 saturated heterocycles. The smallest absolute Gasteiger partial charge is 0.258 e. The highest BCUT2D eigenvalue weighted by Crippen LogP contribution is 2.32. The Hall–Kier alpha value is -3.60. The molecule has 2 N–H and O–H groups in total. The Balaban J connectivity index is 1.42. The molecule has 1 amide bonds. The number of likely N-dealkylation sites (tertiary alicyclic amines) is 1. The fourth-order valence-corrected chi connectivity index (χ4v) is 5.73. The van der Waals surface area contributed by atoms with E-state index in [1.807, 2.05) is 31.5 Å². The number of anilines is 1. The van der Waals surface area contributed by atoms with Gasteiger partial charge in [-0.2, -0.15) is 5.10 Å². The Labute approximate surface area is 248 Å². The van der Waals surface area contributed by atoms with Gasteiger partial charge in [0.25, 0.3) is 5.91 Å². The summed E-state index contributed by atoms with van der Waals surface area (Å²) < 4.78 is 3.73. The molecule has 42 heavy (non-hydrogen) atoms. The van der Waals surface area contributed by atoms with Gasteiger partial charge in [-0.25, -0.2) is 4.98 Å². The largest absolute Gasteiger partial charge is 0.389 e. The van der Waals surface area contributed by atoms with E-state index in [1.165, 1.54) is 5.56 Å². The Kier molecular flexibility index (Phi) is 8.50. The Morgan fingerprint density at radius 3 is 2.50 bits per heavy atom. The first-order chi connectivity index (χ1) is 19.9. The SMILES string of the molecule is Cc1cc(C(=O)Nc2nc3ccc(C4CCN(CCN(C)C)CC4)cc3n2CC(C)(C)O)cc(-c2cnn(C)c2C)n1. The summed E-state index contributed by atoms with van der Waals surface area (Å²) in [4.78, 5) is 27.8. The van der Waals surface area contributed by atoms with E-state index in [1.54, 1.807) is 36.9 Å². The highest BCUT2D eigenvalue weighted by atomic mass is 16.3. The zero-order valence-electron chi connectivity index (χ0n) is 26.0. The highest BCUT2D eigenvalue weighted by molar-refractivity contribution is 6.04. The Morgan fingerprint density at radius 1 is 1.12 bits per heavy atom. The van der Waals surface area contributed by atoms with Gasteiger partial charge in [0.2, 0.25) is 5.95 Å². The number of imidazole rings is 1. The quantitative estimate of drug-likeness (QED) is 0.310. The van der Waals surface area contributed by atoms with Gasteiger partial charge in [-0.1, -0.05) is 6.07 Å². The van der Waals surface area contributed by atoms with Crippen molar-refractivity contribution in [2.24, 2.45) is 7.05 Å². The van der Waals surface area contributed by atoms with E-state index in [9.17, 15) is 9.90 Å². The molecule has 10 nitrogen and oxygen atoms in total. The van der Waals surface area contributed by atoms with Gasteiger partial charge >= 0.3 is 0 Å². The summed E-state index contributed by atoms with van der Waals surface area (Å²) in [5, 5.41) is 18.2. The van der Waals surface area contributed by atoms with E-state index in [0.29, 0.717) is 29.7 Å². The van der Waals surface area contributed by atoms with Gasteiger partial charge in [-0.15, -0.1) is 0 Å². The maximum absolute atomic E-state index is 13.6. The number of nitrogens with zero attached hydrogens (tertiary/aromatic N) is 7. The number of aliphatic hydroxyl groups is 1. The molecule has 0 unspecified atom stereocenters. The summed E-state index contributed by atoms with van der Waals surface area (Å²) in [7, 11) is 6.12. The average Bonchev–Trinajstić information content (AvgIpc) is 3.44. The van der Waals surface area contributed by atoms with Crippen molar-refractivity contribution in [1.29, 1.82) is 0 Å². The molecular weight excluding hydrogens is 528 g/mol. The van der Waals surface area contributed by atoms with Crippen molar-refractivity contribution in [2.45, 2.75) is 58.6 Å². The van der Waals surface area contributed by atoms with Gasteiger partial charge in [-0.3, -0.25) is 19.8 Å². The number of amides is 1. The fourth-order valence-electron chi connectivity index (χ4n) is 5.73. The Bertz CT molecular complexity index is 1570. The third kappa shape index (κ3) is 6.72. The number of aromatic nitrogens is 5. The molecule has 0 saturated carbocycles. The lowest BCUT2D eigenvalue weighted by molar-refractivity contribution is 0.0630. The molecule has 4 heterocycles. The fraction of sp³-hybridized carbons (Fsp3) is 0.500. The molecule has 3 aromatic heterocycles. The summed E-state index contributed by atoms with van der Waals surface area (Å²) >= 11 is 0. The van der Waals surface area contributed by atoms with Gasteiger partial charge in [-0.05, 0) is 103 Å². The van der Waals surface area contributed by atoms with E-state index >= 15 is 0 Å². The molecule has 0 atom stereocenters. The minimum Gasteiger partial charge on any atom is -0.389 e. The molecule has 1 fully saturated rings. The number of aryl methyl sites for hydroxylation is 2. The van der Waals surface area contributed by atoms with Crippen LogP contribution in [0.3, 0.4) is 0 Å². The van der Waals surface area contributed by atoms with Crippen molar-refractivity contribution < 1.29 is 9.90 Å². The normalized spacial score (nSPS) is 15.2. The zero-order chi connectivity index (χ0) is 30.2. The van der Waals surface area contributed by atoms with Crippen LogP contribution in [0.5, 0.6) is 0 Å². The molecule has 10 heteroatoms. The lowest BCUT2D eigenvalue weighted by Crippen LogP contribution is -2.37. The van der Waals surface area contributed by atoms with E-state index in [2.05, 4.69) is 51.4 Å². The van der Waals surface area contributed by atoms with E-state index in [-0.39, 0.29) is 5.91 Å². The van der Waals surface area contributed by atoms with Crippen molar-refractivity contribution in [3.05, 3.63) is 59.0 Å². The Morgan fingerprint density at radius 2 is 1.86 bits per heavy atom. The first kappa shape index (κ1) is 29.9. The second-order valence-electron chi connectivity index (χ2n) is 12.6. The van der Waals surface area contributed by atoms with Crippen molar-refractivity contribution in [1.82, 2.24) is 34.1 Å². The number of benzene rings is 1. The van der Waals surface area contributed by atoms with Crippen LogP contribution < -0.4 is 5.32 Å². The molecule has 1 aromatic carbocycles. The summed E-state index contributed by atoms with van der Waals surface area (Å²) in [6, 6.07) is 9.97. The average molecular weight is 573 g/mol. The topological polar surface area (TPSA) is 104 Å². The van der Waals surface area contributed by atoms with Crippen LogP contribution in [0, 0.1) is 13.8 Å². The van der Waals surface area contributed by atoms with Crippen LogP contribution in [-0.4, -0.2) is 91.0 Å². The lowest BCUT2D eigenvalue weighted by atomic mass is 9.89. The molecule has 1 aliphatic rings. The van der Waals surface area contributed by atoms with Crippen LogP contribution in [0.4, 0.5) is 5.95 Å². The van der Waals surface area contributed by atoms with E-state index < -0.39 is 5.60 Å². The molecule has 224 valence electrons. The number of carbonyl (C=O) groups excluding carboxylic acids is 1. The number of piperidine rings is 1. The van der Waals surface area contributed by atoms with Crippen LogP contribution in [0.15, 0.2) is 36.5 Å². The lowest BCUT2D eigenvalue weighted by Gasteiger charge is -2.32. The molecule has 4 aromatic rings. The number of likely N-dealkylation sites (N-methyl/N-ethyl adjacent to an activating group) is 1. The van der Waals surface area contributed by atoms with Crippen LogP contribution in [-0.2, 0) is 13.6 Å². The van der Waals surface area contributed by atoms with Gasteiger partial charge in [0.15, 0.2) is 0 Å². The van der Waals surface area contributed by atoms with Crippen molar-refractivity contribution >= 4 is 22.9 Å². The first-order valence-corrected chi connectivity index (χ1v) is 14.8. The highest BCUT2D eigenvalue weighted by Gasteiger charge is 2.25. The van der Waals surface area contributed by atoms with Gasteiger partial charge < -0.3 is 19.5 Å². The number of rotatable bonds is 9. The predicted octanol–water partition coefficient (Wildman–Crippen LogP) is 4.21. The molecule has 0 spiro atoms. The van der Waals surface area contributed by atoms with Crippen molar-refractivity contribution in [3.63, 3.8) is 0 Å². The second-order valence-corrected chi connectivity index (χ2v) is 12.6. The third-order valence-corrected chi connectivity index (χ3v) is 8.19. The van der Waals surface area contributed by atoms with E-state index in [4.69, 9.17) is 4.98 Å². The summed E-state index contributed by atoms with van der Waals surface area (Å²) in [5.41, 5.74) is 5.78. The zero-order valence-corrected chi connectivity index (χ0v) is 26.0. The number of fused-ring (bicyclic) bond motifs is 1. The van der Waals surface area contributed by atoms with E-state index in [0.717, 1.165) is 67.0 Å². The number of hydrogen-bond acceptors (Lipinski definition) is 7. The number of pyridine rings is 1. The third-order valence-electron chi connectivity index (χ3n) is 8.19. The summed E-state index contributed by atoms with van der Waals surface area (Å²) in [5.74, 6) is 0.616. The molecule has 1 aliphatic heterocycles. The van der Waals surface area contributed by atoms with Gasteiger partial charge in [0.1, 0.15) is 0 Å². The van der Waals surface area contributed by atoms with Crippen molar-refractivity contribution in [3.8, 4) is 11.3 Å². The second kappa shape index (κ2) is 11.9. The monoisotopic (exact) mass is 572 g/mol. The summed E-state index contributed by atoms with van der Waals surface area (Å²) in [6.07, 6.45) is 4.00. The minimum atomic E-state index is -1.00. The van der Waals surface area contributed by atoms with Gasteiger partial charge in [0, 0.05) is 42.7 Å². The molecule has 0 bridgehead atoms. The number of carbonyl (C=O) groups is 1. The number of hydrogen-bond donors (Lipinski definition) is 2. The molecule has 0 aliphatic carbocycles. The number of nitrogens with one attached hydrogen (secondary N) is 1. The van der Waals surface area contributed by atoms with Crippen LogP contribution in [0.25, 0.3) is 22.3 Å². The first-order valence-electron chi connectivity index (χ1n) is 14.8. The maximum Gasteiger partial charge on any atom is 0.258 e. The van der Waals surface area contributed by atoms with Crippen molar-refractivity contribution in [2.75, 3.05) is 45.6 Å².